The van der Waals surface area contributed by atoms with Crippen molar-refractivity contribution in [3.63, 3.8) is 0 Å². The highest BCUT2D eigenvalue weighted by Crippen LogP contribution is 2.30. The molecular formula is C14H23N3O2S. The molecular weight excluding hydrogens is 274 g/mol. The Bertz CT molecular complexity index is 450. The Kier molecular flexibility index (Phi) is 5.12. The van der Waals surface area contributed by atoms with Crippen molar-refractivity contribution in [2.45, 2.75) is 32.7 Å². The van der Waals surface area contributed by atoms with E-state index in [9.17, 15) is 4.79 Å². The summed E-state index contributed by atoms with van der Waals surface area (Å²) in [5, 5.41) is 7.36. The molecule has 1 fully saturated rings. The summed E-state index contributed by atoms with van der Waals surface area (Å²) in [5.74, 6) is 0.0844. The maximum absolute atomic E-state index is 12.7. The van der Waals surface area contributed by atoms with Crippen molar-refractivity contribution >= 4 is 17.2 Å². The molecule has 0 aliphatic carbocycles. The van der Waals surface area contributed by atoms with Crippen LogP contribution in [-0.2, 0) is 9.53 Å². The molecule has 1 saturated heterocycles. The summed E-state index contributed by atoms with van der Waals surface area (Å²) >= 11 is 1.63. The molecule has 112 valence electrons. The van der Waals surface area contributed by atoms with Crippen molar-refractivity contribution in [1.82, 2.24) is 15.6 Å². The first kappa shape index (κ1) is 15.4. The van der Waals surface area contributed by atoms with Crippen molar-refractivity contribution in [2.24, 2.45) is 5.41 Å². The molecule has 2 heterocycles. The molecule has 2 N–H and O–H groups in total. The maximum atomic E-state index is 12.7. The zero-order valence-electron chi connectivity index (χ0n) is 12.4. The number of amides is 1. The smallest absolute Gasteiger partial charge is 0.229 e. The van der Waals surface area contributed by atoms with Gasteiger partial charge in [-0.15, -0.1) is 11.3 Å². The van der Waals surface area contributed by atoms with E-state index in [-0.39, 0.29) is 11.9 Å². The van der Waals surface area contributed by atoms with E-state index in [2.05, 4.69) is 15.6 Å². The lowest BCUT2D eigenvalue weighted by molar-refractivity contribution is -0.136. The van der Waals surface area contributed by atoms with Gasteiger partial charge < -0.3 is 15.4 Å². The lowest BCUT2D eigenvalue weighted by atomic mass is 9.78. The van der Waals surface area contributed by atoms with Gasteiger partial charge in [0.05, 0.1) is 18.1 Å². The number of thiazole rings is 1. The molecule has 0 spiro atoms. The van der Waals surface area contributed by atoms with Gasteiger partial charge in [-0.1, -0.05) is 0 Å². The molecule has 1 aromatic heterocycles. The summed E-state index contributed by atoms with van der Waals surface area (Å²) < 4.78 is 5.30. The molecule has 1 aliphatic heterocycles. The van der Waals surface area contributed by atoms with Crippen LogP contribution in [0, 0.1) is 12.3 Å². The number of carbonyl (C=O) groups excluding carboxylic acids is 1. The molecule has 0 saturated carbocycles. The van der Waals surface area contributed by atoms with Crippen LogP contribution in [0.4, 0.5) is 0 Å². The molecule has 6 heteroatoms. The SMILES string of the molecule is COCC1(C(=O)NC(C)c2ncc(C)s2)CCNCC1. The van der Waals surface area contributed by atoms with Crippen molar-refractivity contribution in [3.8, 4) is 0 Å². The monoisotopic (exact) mass is 297 g/mol. The lowest BCUT2D eigenvalue weighted by Crippen LogP contribution is -2.50. The summed E-state index contributed by atoms with van der Waals surface area (Å²) in [5.41, 5.74) is -0.402. The Morgan fingerprint density at radius 2 is 2.30 bits per heavy atom. The molecule has 1 atom stereocenters. The van der Waals surface area contributed by atoms with Gasteiger partial charge in [-0.2, -0.15) is 0 Å². The van der Waals surface area contributed by atoms with Gasteiger partial charge in [0.1, 0.15) is 5.01 Å². The standard InChI is InChI=1S/C14H23N3O2S/c1-10-8-16-12(20-10)11(2)17-13(18)14(9-19-3)4-6-15-7-5-14/h8,11,15H,4-7,9H2,1-3H3,(H,17,18). The molecule has 20 heavy (non-hydrogen) atoms. The van der Waals surface area contributed by atoms with Crippen LogP contribution < -0.4 is 10.6 Å². The summed E-state index contributed by atoms with van der Waals surface area (Å²) in [7, 11) is 1.66. The van der Waals surface area contributed by atoms with Gasteiger partial charge in [0.15, 0.2) is 0 Å². The third-order valence-corrected chi connectivity index (χ3v) is 4.92. The van der Waals surface area contributed by atoms with Crippen molar-refractivity contribution in [3.05, 3.63) is 16.1 Å². The Labute approximate surface area is 124 Å². The minimum Gasteiger partial charge on any atom is -0.384 e. The second-order valence-corrected chi connectivity index (χ2v) is 6.73. The number of piperidine rings is 1. The molecule has 2 rings (SSSR count). The third kappa shape index (κ3) is 3.37. The normalized spacial score (nSPS) is 19.6. The number of nitrogens with one attached hydrogen (secondary N) is 2. The number of hydrogen-bond donors (Lipinski definition) is 2. The van der Waals surface area contributed by atoms with Crippen LogP contribution in [0.5, 0.6) is 0 Å². The number of methoxy groups -OCH3 is 1. The number of aromatic nitrogens is 1. The van der Waals surface area contributed by atoms with Crippen molar-refractivity contribution in [2.75, 3.05) is 26.8 Å². The van der Waals surface area contributed by atoms with E-state index in [4.69, 9.17) is 4.74 Å². The number of aryl methyl sites for hydroxylation is 1. The average molecular weight is 297 g/mol. The minimum atomic E-state index is -0.402. The fraction of sp³-hybridized carbons (Fsp3) is 0.714. The van der Waals surface area contributed by atoms with E-state index in [0.717, 1.165) is 35.8 Å². The summed E-state index contributed by atoms with van der Waals surface area (Å²) in [6.07, 6.45) is 3.48. The van der Waals surface area contributed by atoms with E-state index in [1.54, 1.807) is 18.4 Å². The first-order chi connectivity index (χ1) is 9.57. The fourth-order valence-corrected chi connectivity index (χ4v) is 3.38. The summed E-state index contributed by atoms with van der Waals surface area (Å²) in [6.45, 7) is 6.21. The number of hydrogen-bond acceptors (Lipinski definition) is 5. The predicted octanol–water partition coefficient (Wildman–Crippen LogP) is 1.64. The highest BCUT2D eigenvalue weighted by molar-refractivity contribution is 7.11. The predicted molar refractivity (Wildman–Crippen MR) is 79.8 cm³/mol. The first-order valence-electron chi connectivity index (χ1n) is 7.00. The molecule has 1 aromatic rings. The second-order valence-electron chi connectivity index (χ2n) is 5.47. The van der Waals surface area contributed by atoms with Gasteiger partial charge in [-0.3, -0.25) is 4.79 Å². The van der Waals surface area contributed by atoms with Gasteiger partial charge >= 0.3 is 0 Å². The van der Waals surface area contributed by atoms with E-state index in [1.807, 2.05) is 20.0 Å². The van der Waals surface area contributed by atoms with E-state index >= 15 is 0 Å². The molecule has 5 nitrogen and oxygen atoms in total. The molecule has 0 aromatic carbocycles. The maximum Gasteiger partial charge on any atom is 0.229 e. The summed E-state index contributed by atoms with van der Waals surface area (Å²) in [6, 6.07) is -0.0511. The topological polar surface area (TPSA) is 63.2 Å². The van der Waals surface area contributed by atoms with E-state index < -0.39 is 5.41 Å². The zero-order chi connectivity index (χ0) is 14.6. The number of ether oxygens (including phenoxy) is 1. The zero-order valence-corrected chi connectivity index (χ0v) is 13.2. The highest BCUT2D eigenvalue weighted by atomic mass is 32.1. The number of carbonyl (C=O) groups is 1. The molecule has 1 amide bonds. The molecule has 0 bridgehead atoms. The van der Waals surface area contributed by atoms with E-state index in [1.165, 1.54) is 0 Å². The van der Waals surface area contributed by atoms with Crippen LogP contribution in [0.15, 0.2) is 6.20 Å². The van der Waals surface area contributed by atoms with Crippen LogP contribution in [0.3, 0.4) is 0 Å². The van der Waals surface area contributed by atoms with Crippen LogP contribution in [0.25, 0.3) is 0 Å². The second kappa shape index (κ2) is 6.65. The molecule has 1 unspecified atom stereocenters. The Morgan fingerprint density at radius 3 is 2.85 bits per heavy atom. The minimum absolute atomic E-state index is 0.0511. The third-order valence-electron chi connectivity index (χ3n) is 3.82. The van der Waals surface area contributed by atoms with Crippen LogP contribution in [0.2, 0.25) is 0 Å². The van der Waals surface area contributed by atoms with Gasteiger partial charge in [0, 0.05) is 18.2 Å². The first-order valence-corrected chi connectivity index (χ1v) is 7.82. The number of nitrogens with zero attached hydrogens (tertiary/aromatic N) is 1. The quantitative estimate of drug-likeness (QED) is 0.867. The highest BCUT2D eigenvalue weighted by Gasteiger charge is 2.40. The van der Waals surface area contributed by atoms with Gasteiger partial charge in [-0.05, 0) is 39.8 Å². The van der Waals surface area contributed by atoms with Crippen LogP contribution >= 0.6 is 11.3 Å². The summed E-state index contributed by atoms with van der Waals surface area (Å²) in [4.78, 5) is 18.2. The Balaban J connectivity index is 2.04. The van der Waals surface area contributed by atoms with Gasteiger partial charge in [0.25, 0.3) is 0 Å². The van der Waals surface area contributed by atoms with Crippen molar-refractivity contribution in [1.29, 1.82) is 0 Å². The van der Waals surface area contributed by atoms with Crippen LogP contribution in [0.1, 0.15) is 35.7 Å². The molecule has 0 radical (unpaired) electrons. The van der Waals surface area contributed by atoms with Gasteiger partial charge in [0.2, 0.25) is 5.91 Å². The fourth-order valence-electron chi connectivity index (χ4n) is 2.60. The van der Waals surface area contributed by atoms with Crippen LogP contribution in [-0.4, -0.2) is 37.7 Å². The van der Waals surface area contributed by atoms with E-state index in [0.29, 0.717) is 6.61 Å². The number of rotatable bonds is 5. The molecule has 1 aliphatic rings. The average Bonchev–Trinajstić information content (AvgIpc) is 2.87. The lowest BCUT2D eigenvalue weighted by Gasteiger charge is -2.36. The van der Waals surface area contributed by atoms with Gasteiger partial charge in [-0.25, -0.2) is 4.98 Å². The Hall–Kier alpha value is -0.980. The largest absolute Gasteiger partial charge is 0.384 e. The Morgan fingerprint density at radius 1 is 1.60 bits per heavy atom. The van der Waals surface area contributed by atoms with Crippen molar-refractivity contribution < 1.29 is 9.53 Å².